The molecule has 4 rings (SSSR count). The van der Waals surface area contributed by atoms with Gasteiger partial charge in [0.15, 0.2) is 5.78 Å². The van der Waals surface area contributed by atoms with E-state index >= 15 is 0 Å². The van der Waals surface area contributed by atoms with E-state index in [0.717, 1.165) is 23.4 Å². The molecular weight excluding hydrogens is 472 g/mol. The topological polar surface area (TPSA) is 49.9 Å². The maximum absolute atomic E-state index is 13.4. The molecule has 0 spiro atoms. The zero-order valence-electron chi connectivity index (χ0n) is 20.6. The van der Waals surface area contributed by atoms with Crippen LogP contribution in [0.25, 0.3) is 12.2 Å². The third-order valence-electron chi connectivity index (χ3n) is 5.78. The summed E-state index contributed by atoms with van der Waals surface area (Å²) >= 11 is 0. The predicted octanol–water partition coefficient (Wildman–Crippen LogP) is 5.24. The van der Waals surface area contributed by atoms with Crippen molar-refractivity contribution in [1.82, 2.24) is 9.80 Å². The van der Waals surface area contributed by atoms with Crippen LogP contribution in [0, 0.1) is 0 Å². The number of carbonyl (C=O) groups excluding carboxylic acids is 2. The average molecular weight is 503 g/mol. The summed E-state index contributed by atoms with van der Waals surface area (Å²) in [6, 6.07) is 26.6. The first-order valence-electron chi connectivity index (χ1n) is 11.7. The van der Waals surface area contributed by atoms with Crippen LogP contribution < -0.4 is 4.74 Å². The Labute approximate surface area is 219 Å². The molecule has 6 heteroatoms. The molecule has 1 heterocycles. The number of likely N-dealkylation sites (tertiary alicyclic amines) is 1. The van der Waals surface area contributed by atoms with Gasteiger partial charge in [-0.15, -0.1) is 12.4 Å². The molecule has 36 heavy (non-hydrogen) atoms. The summed E-state index contributed by atoms with van der Waals surface area (Å²) in [7, 11) is 3.99. The average Bonchev–Trinajstić information content (AvgIpc) is 2.87. The summed E-state index contributed by atoms with van der Waals surface area (Å²) in [5, 5.41) is 0. The first-order chi connectivity index (χ1) is 17.0. The molecule has 0 saturated carbocycles. The van der Waals surface area contributed by atoms with Crippen molar-refractivity contribution in [2.45, 2.75) is 0 Å². The summed E-state index contributed by atoms with van der Waals surface area (Å²) in [6.45, 7) is 1.92. The molecule has 0 atom stereocenters. The molecule has 0 radical (unpaired) electrons. The van der Waals surface area contributed by atoms with Crippen LogP contribution >= 0.6 is 12.4 Å². The number of ketones is 1. The summed E-state index contributed by atoms with van der Waals surface area (Å²) in [4.78, 5) is 30.5. The smallest absolute Gasteiger partial charge is 0.254 e. The molecular formula is C30H31ClN2O3. The minimum Gasteiger partial charge on any atom is -0.492 e. The van der Waals surface area contributed by atoms with Gasteiger partial charge in [-0.2, -0.15) is 0 Å². The SMILES string of the molecule is CN(C)CCOc1ccc(C(=O)N2CC(=Cc3ccccc3)C(=O)C(=Cc3ccccc3)C2)cc1.Cl. The van der Waals surface area contributed by atoms with Gasteiger partial charge in [0.2, 0.25) is 0 Å². The zero-order chi connectivity index (χ0) is 24.6. The number of carbonyl (C=O) groups is 2. The number of ether oxygens (including phenoxy) is 1. The van der Waals surface area contributed by atoms with Crippen LogP contribution in [0.1, 0.15) is 21.5 Å². The lowest BCUT2D eigenvalue weighted by atomic mass is 9.93. The Kier molecular flexibility index (Phi) is 9.62. The van der Waals surface area contributed by atoms with Crippen molar-refractivity contribution < 1.29 is 14.3 Å². The highest BCUT2D eigenvalue weighted by molar-refractivity contribution is 6.15. The normalized spacial score (nSPS) is 15.8. The van der Waals surface area contributed by atoms with Gasteiger partial charge in [-0.3, -0.25) is 9.59 Å². The summed E-state index contributed by atoms with van der Waals surface area (Å²) < 4.78 is 5.75. The largest absolute Gasteiger partial charge is 0.492 e. The van der Waals surface area contributed by atoms with Crippen molar-refractivity contribution >= 4 is 36.2 Å². The second-order valence-corrected chi connectivity index (χ2v) is 8.83. The van der Waals surface area contributed by atoms with Gasteiger partial charge in [0.1, 0.15) is 12.4 Å². The van der Waals surface area contributed by atoms with Crippen LogP contribution in [0.3, 0.4) is 0 Å². The van der Waals surface area contributed by atoms with Crippen LogP contribution in [0.2, 0.25) is 0 Å². The van der Waals surface area contributed by atoms with Crippen LogP contribution in [0.4, 0.5) is 0 Å². The van der Waals surface area contributed by atoms with Crippen molar-refractivity contribution in [3.05, 3.63) is 113 Å². The fourth-order valence-electron chi connectivity index (χ4n) is 3.91. The Hall–Kier alpha value is -3.67. The van der Waals surface area contributed by atoms with Gasteiger partial charge in [-0.1, -0.05) is 60.7 Å². The first-order valence-corrected chi connectivity index (χ1v) is 11.7. The zero-order valence-corrected chi connectivity index (χ0v) is 21.4. The van der Waals surface area contributed by atoms with Crippen molar-refractivity contribution in [2.24, 2.45) is 0 Å². The fraction of sp³-hybridized carbons (Fsp3) is 0.200. The maximum Gasteiger partial charge on any atom is 0.254 e. The predicted molar refractivity (Wildman–Crippen MR) is 147 cm³/mol. The van der Waals surface area contributed by atoms with Crippen molar-refractivity contribution in [3.8, 4) is 5.75 Å². The number of nitrogens with zero attached hydrogens (tertiary/aromatic N) is 2. The van der Waals surface area contributed by atoms with Crippen molar-refractivity contribution in [1.29, 1.82) is 0 Å². The molecule has 0 N–H and O–H groups in total. The van der Waals surface area contributed by atoms with Gasteiger partial charge >= 0.3 is 0 Å². The monoisotopic (exact) mass is 502 g/mol. The number of halogens is 1. The number of rotatable bonds is 7. The molecule has 0 bridgehead atoms. The van der Waals surface area contributed by atoms with Gasteiger partial charge in [-0.05, 0) is 61.6 Å². The third-order valence-corrected chi connectivity index (χ3v) is 5.78. The van der Waals surface area contributed by atoms with E-state index in [2.05, 4.69) is 4.90 Å². The lowest BCUT2D eigenvalue weighted by Gasteiger charge is -2.30. The van der Waals surface area contributed by atoms with Crippen LogP contribution in [0.15, 0.2) is 96.1 Å². The first kappa shape index (κ1) is 26.9. The van der Waals surface area contributed by atoms with Gasteiger partial charge in [-0.25, -0.2) is 0 Å². The number of likely N-dealkylation sites (N-methyl/N-ethyl adjacent to an activating group) is 1. The van der Waals surface area contributed by atoms with Crippen LogP contribution in [-0.4, -0.2) is 61.8 Å². The fourth-order valence-corrected chi connectivity index (χ4v) is 3.91. The molecule has 186 valence electrons. The van der Waals surface area contributed by atoms with Gasteiger partial charge in [0.05, 0.1) is 13.1 Å². The minimum absolute atomic E-state index is 0. The molecule has 1 fully saturated rings. The Balaban J connectivity index is 0.00000361. The lowest BCUT2D eigenvalue weighted by Crippen LogP contribution is -2.41. The lowest BCUT2D eigenvalue weighted by molar-refractivity contribution is -0.113. The standard InChI is InChI=1S/C30H30N2O3.ClH/c1-31(2)17-18-35-28-15-13-25(14-16-28)30(34)32-21-26(19-23-9-5-3-6-10-23)29(33)27(22-32)20-24-11-7-4-8-12-24;/h3-16,19-20H,17-18,21-22H2,1-2H3;1H. The number of hydrogen-bond acceptors (Lipinski definition) is 4. The number of amides is 1. The van der Waals surface area contributed by atoms with E-state index in [0.29, 0.717) is 23.3 Å². The second kappa shape index (κ2) is 12.9. The van der Waals surface area contributed by atoms with E-state index in [1.807, 2.05) is 99.0 Å². The molecule has 0 aliphatic carbocycles. The molecule has 0 aromatic heterocycles. The van der Waals surface area contributed by atoms with E-state index in [1.165, 1.54) is 0 Å². The van der Waals surface area contributed by atoms with Crippen LogP contribution in [0.5, 0.6) is 5.75 Å². The number of hydrogen-bond donors (Lipinski definition) is 0. The number of piperidine rings is 1. The highest BCUT2D eigenvalue weighted by Gasteiger charge is 2.29. The van der Waals surface area contributed by atoms with Gasteiger partial charge < -0.3 is 14.5 Å². The van der Waals surface area contributed by atoms with E-state index < -0.39 is 0 Å². The molecule has 3 aromatic carbocycles. The molecule has 1 aliphatic rings. The molecule has 1 saturated heterocycles. The quantitative estimate of drug-likeness (QED) is 0.414. The Morgan fingerprint density at radius 1 is 0.833 bits per heavy atom. The van der Waals surface area contributed by atoms with Crippen molar-refractivity contribution in [2.75, 3.05) is 40.3 Å². The molecule has 1 amide bonds. The summed E-state index contributed by atoms with van der Waals surface area (Å²) in [5.41, 5.74) is 3.63. The number of Topliss-reactive ketones (excluding diaryl/α,β-unsaturated/α-hetero) is 1. The molecule has 0 unspecified atom stereocenters. The molecule has 1 aliphatic heterocycles. The van der Waals surface area contributed by atoms with E-state index in [4.69, 9.17) is 4.74 Å². The van der Waals surface area contributed by atoms with Gasteiger partial charge in [0.25, 0.3) is 5.91 Å². The number of benzene rings is 3. The van der Waals surface area contributed by atoms with Crippen molar-refractivity contribution in [3.63, 3.8) is 0 Å². The maximum atomic E-state index is 13.4. The second-order valence-electron chi connectivity index (χ2n) is 8.83. The minimum atomic E-state index is -0.115. The van der Waals surface area contributed by atoms with E-state index in [9.17, 15) is 9.59 Å². The van der Waals surface area contributed by atoms with Crippen LogP contribution in [-0.2, 0) is 4.79 Å². The van der Waals surface area contributed by atoms with E-state index in [1.54, 1.807) is 17.0 Å². The summed E-state index contributed by atoms with van der Waals surface area (Å²) in [5.74, 6) is 0.591. The summed E-state index contributed by atoms with van der Waals surface area (Å²) in [6.07, 6.45) is 3.75. The Morgan fingerprint density at radius 2 is 1.33 bits per heavy atom. The molecule has 3 aromatic rings. The highest BCUT2D eigenvalue weighted by atomic mass is 35.5. The van der Waals surface area contributed by atoms with E-state index in [-0.39, 0.29) is 37.2 Å². The Morgan fingerprint density at radius 3 is 1.81 bits per heavy atom. The Bertz CT molecular complexity index is 1160. The van der Waals surface area contributed by atoms with Gasteiger partial charge in [0, 0.05) is 23.3 Å². The highest BCUT2D eigenvalue weighted by Crippen LogP contribution is 2.24. The third kappa shape index (κ3) is 7.17. The molecule has 5 nitrogen and oxygen atoms in total.